The second-order valence-corrected chi connectivity index (χ2v) is 6.68. The van der Waals surface area contributed by atoms with E-state index >= 15 is 0 Å². The van der Waals surface area contributed by atoms with Gasteiger partial charge in [-0.2, -0.15) is 0 Å². The number of likely N-dealkylation sites (N-methyl/N-ethyl adjacent to an activating group) is 1. The van der Waals surface area contributed by atoms with E-state index in [0.717, 1.165) is 12.8 Å². The second kappa shape index (κ2) is 8.54. The average molecular weight is 374 g/mol. The zero-order chi connectivity index (χ0) is 19.4. The Morgan fingerprint density at radius 2 is 2.00 bits per heavy atom. The smallest absolute Gasteiger partial charge is 0.277 e. The minimum absolute atomic E-state index is 0.107. The van der Waals surface area contributed by atoms with Gasteiger partial charge >= 0.3 is 0 Å². The van der Waals surface area contributed by atoms with Crippen LogP contribution in [0.3, 0.4) is 0 Å². The molecule has 2 aliphatic heterocycles. The molecule has 2 aliphatic rings. The summed E-state index contributed by atoms with van der Waals surface area (Å²) in [7, 11) is 1.71. The van der Waals surface area contributed by atoms with Crippen molar-refractivity contribution >= 4 is 17.4 Å². The Balaban J connectivity index is 1.93. The summed E-state index contributed by atoms with van der Waals surface area (Å²) >= 11 is 0. The van der Waals surface area contributed by atoms with E-state index in [9.17, 15) is 14.7 Å². The second-order valence-electron chi connectivity index (χ2n) is 6.68. The molecule has 1 unspecified atom stereocenters. The highest BCUT2D eigenvalue weighted by molar-refractivity contribution is 6.35. The number of rotatable bonds is 8. The van der Waals surface area contributed by atoms with Gasteiger partial charge in [-0.05, 0) is 37.5 Å². The summed E-state index contributed by atoms with van der Waals surface area (Å²) in [6, 6.07) is 7.15. The number of nitrogens with zero attached hydrogens (tertiary/aromatic N) is 2. The lowest BCUT2D eigenvalue weighted by Gasteiger charge is -2.22. The average Bonchev–Trinajstić information content (AvgIpc) is 3.25. The number of amides is 2. The lowest BCUT2D eigenvalue weighted by atomic mass is 10.0. The number of carbonyl (C=O) groups excluding carboxylic acids is 2. The number of hydrogen-bond acceptors (Lipinski definition) is 6. The standard InChI is InChI=1S/C20H26N2O5/c1-3-26-15-8-6-14(7-9-15)17-18(21(2)10-11-23)20(25)22(19(17)24)13-16-5-4-12-27-16/h6-9,16,23H,3-5,10-13H2,1-2H3. The van der Waals surface area contributed by atoms with Gasteiger partial charge in [0.25, 0.3) is 11.8 Å². The molecule has 1 aromatic rings. The molecule has 0 bridgehead atoms. The lowest BCUT2D eigenvalue weighted by Crippen LogP contribution is -2.39. The van der Waals surface area contributed by atoms with Gasteiger partial charge in [0.05, 0.1) is 31.4 Å². The molecule has 1 aromatic carbocycles. The highest BCUT2D eigenvalue weighted by atomic mass is 16.5. The van der Waals surface area contributed by atoms with Crippen LogP contribution in [-0.2, 0) is 14.3 Å². The minimum Gasteiger partial charge on any atom is -0.494 e. The van der Waals surface area contributed by atoms with Gasteiger partial charge in [0, 0.05) is 20.2 Å². The molecular formula is C20H26N2O5. The van der Waals surface area contributed by atoms with E-state index in [2.05, 4.69) is 0 Å². The maximum Gasteiger partial charge on any atom is 0.277 e. The fourth-order valence-electron chi connectivity index (χ4n) is 3.48. The molecule has 0 spiro atoms. The van der Waals surface area contributed by atoms with Gasteiger partial charge in [-0.25, -0.2) is 0 Å². The number of carbonyl (C=O) groups is 2. The van der Waals surface area contributed by atoms with Crippen LogP contribution in [0.5, 0.6) is 5.75 Å². The Labute approximate surface area is 159 Å². The molecular weight excluding hydrogens is 348 g/mol. The number of hydrogen-bond donors (Lipinski definition) is 1. The first-order valence-corrected chi connectivity index (χ1v) is 9.34. The van der Waals surface area contributed by atoms with Gasteiger partial charge < -0.3 is 19.5 Å². The van der Waals surface area contributed by atoms with Crippen LogP contribution >= 0.6 is 0 Å². The van der Waals surface area contributed by atoms with Gasteiger partial charge in [0.2, 0.25) is 0 Å². The maximum atomic E-state index is 13.1. The third-order valence-corrected chi connectivity index (χ3v) is 4.82. The molecule has 2 heterocycles. The van der Waals surface area contributed by atoms with Gasteiger partial charge in [-0.15, -0.1) is 0 Å². The number of benzene rings is 1. The summed E-state index contributed by atoms with van der Waals surface area (Å²) < 4.78 is 11.1. The zero-order valence-corrected chi connectivity index (χ0v) is 15.8. The molecule has 3 rings (SSSR count). The SMILES string of the molecule is CCOc1ccc(C2=C(N(C)CCO)C(=O)N(CC3CCCO3)C2=O)cc1. The summed E-state index contributed by atoms with van der Waals surface area (Å²) in [6.07, 6.45) is 1.68. The first-order chi connectivity index (χ1) is 13.1. The van der Waals surface area contributed by atoms with Gasteiger partial charge in [0.1, 0.15) is 11.4 Å². The van der Waals surface area contributed by atoms with E-state index < -0.39 is 0 Å². The van der Waals surface area contributed by atoms with E-state index in [4.69, 9.17) is 9.47 Å². The summed E-state index contributed by atoms with van der Waals surface area (Å²) in [5.74, 6) is 0.0508. The van der Waals surface area contributed by atoms with Crippen LogP contribution in [0.15, 0.2) is 30.0 Å². The van der Waals surface area contributed by atoms with Crippen LogP contribution in [0.2, 0.25) is 0 Å². The maximum absolute atomic E-state index is 13.1. The van der Waals surface area contributed by atoms with Crippen molar-refractivity contribution in [2.45, 2.75) is 25.9 Å². The van der Waals surface area contributed by atoms with Crippen LogP contribution in [0.4, 0.5) is 0 Å². The van der Waals surface area contributed by atoms with Crippen molar-refractivity contribution in [3.05, 3.63) is 35.5 Å². The number of ether oxygens (including phenoxy) is 2. The topological polar surface area (TPSA) is 79.3 Å². The van der Waals surface area contributed by atoms with Crippen molar-refractivity contribution in [1.82, 2.24) is 9.80 Å². The molecule has 1 atom stereocenters. The Morgan fingerprint density at radius 1 is 1.26 bits per heavy atom. The van der Waals surface area contributed by atoms with Crippen LogP contribution in [0, 0.1) is 0 Å². The predicted molar refractivity (Wildman–Crippen MR) is 99.9 cm³/mol. The van der Waals surface area contributed by atoms with E-state index in [1.807, 2.05) is 6.92 Å². The molecule has 27 heavy (non-hydrogen) atoms. The van der Waals surface area contributed by atoms with E-state index in [-0.39, 0.29) is 37.6 Å². The lowest BCUT2D eigenvalue weighted by molar-refractivity contribution is -0.139. The fraction of sp³-hybridized carbons (Fsp3) is 0.500. The third-order valence-electron chi connectivity index (χ3n) is 4.82. The third kappa shape index (κ3) is 3.99. The number of imide groups is 1. The van der Waals surface area contributed by atoms with Crippen molar-refractivity contribution < 1.29 is 24.2 Å². The van der Waals surface area contributed by atoms with Crippen molar-refractivity contribution in [3.63, 3.8) is 0 Å². The highest BCUT2D eigenvalue weighted by Crippen LogP contribution is 2.32. The Hall–Kier alpha value is -2.38. The van der Waals surface area contributed by atoms with Crippen LogP contribution in [-0.4, -0.2) is 72.8 Å². The van der Waals surface area contributed by atoms with Crippen molar-refractivity contribution in [2.75, 3.05) is 40.0 Å². The largest absolute Gasteiger partial charge is 0.494 e. The van der Waals surface area contributed by atoms with Gasteiger partial charge in [-0.1, -0.05) is 12.1 Å². The Morgan fingerprint density at radius 3 is 2.59 bits per heavy atom. The van der Waals surface area contributed by atoms with Crippen molar-refractivity contribution in [1.29, 1.82) is 0 Å². The van der Waals surface area contributed by atoms with Gasteiger partial charge in [-0.3, -0.25) is 14.5 Å². The molecule has 1 saturated heterocycles. The van der Waals surface area contributed by atoms with Crippen LogP contribution in [0.1, 0.15) is 25.3 Å². The molecule has 1 fully saturated rings. The van der Waals surface area contributed by atoms with E-state index in [1.165, 1.54) is 4.90 Å². The molecule has 0 aliphatic carbocycles. The Kier molecular flexibility index (Phi) is 6.13. The fourth-order valence-corrected chi connectivity index (χ4v) is 3.48. The van der Waals surface area contributed by atoms with Crippen molar-refractivity contribution in [2.24, 2.45) is 0 Å². The number of aliphatic hydroxyl groups is 1. The quantitative estimate of drug-likeness (QED) is 0.691. The summed E-state index contributed by atoms with van der Waals surface area (Å²) in [5.41, 5.74) is 1.33. The van der Waals surface area contributed by atoms with E-state index in [0.29, 0.717) is 35.8 Å². The summed E-state index contributed by atoms with van der Waals surface area (Å²) in [5, 5.41) is 9.29. The molecule has 2 amide bonds. The molecule has 1 N–H and O–H groups in total. The van der Waals surface area contributed by atoms with Crippen LogP contribution < -0.4 is 4.74 Å². The van der Waals surface area contributed by atoms with Gasteiger partial charge in [0.15, 0.2) is 0 Å². The van der Waals surface area contributed by atoms with Crippen LogP contribution in [0.25, 0.3) is 5.57 Å². The molecule has 0 saturated carbocycles. The normalized spacial score (nSPS) is 20.0. The molecule has 7 nitrogen and oxygen atoms in total. The monoisotopic (exact) mass is 374 g/mol. The molecule has 146 valence electrons. The predicted octanol–water partition coefficient (Wildman–Crippen LogP) is 1.27. The first-order valence-electron chi connectivity index (χ1n) is 9.34. The summed E-state index contributed by atoms with van der Waals surface area (Å²) in [4.78, 5) is 29.0. The minimum atomic E-state index is -0.338. The molecule has 7 heteroatoms. The first kappa shape index (κ1) is 19.4. The number of aliphatic hydroxyl groups excluding tert-OH is 1. The van der Waals surface area contributed by atoms with Crippen molar-refractivity contribution in [3.8, 4) is 5.75 Å². The zero-order valence-electron chi connectivity index (χ0n) is 15.8. The summed E-state index contributed by atoms with van der Waals surface area (Å²) in [6.45, 7) is 3.54. The highest BCUT2D eigenvalue weighted by Gasteiger charge is 2.42. The Bertz CT molecular complexity index is 722. The van der Waals surface area contributed by atoms with E-state index in [1.54, 1.807) is 36.2 Å². The molecule has 0 radical (unpaired) electrons. The molecule has 0 aromatic heterocycles.